The fraction of sp³-hybridized carbons (Fsp3) is 1.00. The van der Waals surface area contributed by atoms with Crippen LogP contribution in [0.15, 0.2) is 0 Å². The maximum absolute atomic E-state index is 9.04. The third kappa shape index (κ3) is 1.01. The SMILES string of the molecule is C[C@@H]1C[C@@H](O)[C@H](C)O1. The molecule has 0 spiro atoms. The molecule has 1 rings (SSSR count). The summed E-state index contributed by atoms with van der Waals surface area (Å²) in [5, 5.41) is 9.04. The van der Waals surface area contributed by atoms with Gasteiger partial charge in [0.1, 0.15) is 0 Å². The van der Waals surface area contributed by atoms with Gasteiger partial charge in [-0.3, -0.25) is 0 Å². The summed E-state index contributed by atoms with van der Waals surface area (Å²) in [6.07, 6.45) is 0.858. The molecule has 0 radical (unpaired) electrons. The zero-order valence-corrected chi connectivity index (χ0v) is 5.29. The first kappa shape index (κ1) is 6.05. The third-order valence-electron chi connectivity index (χ3n) is 1.56. The second-order valence-corrected chi connectivity index (χ2v) is 2.45. The summed E-state index contributed by atoms with van der Waals surface area (Å²) in [5.41, 5.74) is 0. The summed E-state index contributed by atoms with van der Waals surface area (Å²) in [5.74, 6) is 0. The Hall–Kier alpha value is -0.0800. The van der Waals surface area contributed by atoms with Crippen LogP contribution in [0.3, 0.4) is 0 Å². The largest absolute Gasteiger partial charge is 0.390 e. The first-order chi connectivity index (χ1) is 3.70. The maximum atomic E-state index is 9.04. The molecule has 1 saturated heterocycles. The van der Waals surface area contributed by atoms with Crippen molar-refractivity contribution in [2.75, 3.05) is 0 Å². The molecule has 0 aromatic rings. The Morgan fingerprint density at radius 3 is 2.25 bits per heavy atom. The summed E-state index contributed by atoms with van der Waals surface area (Å²) in [7, 11) is 0. The van der Waals surface area contributed by atoms with E-state index >= 15 is 0 Å². The van der Waals surface area contributed by atoms with Crippen molar-refractivity contribution in [3.8, 4) is 0 Å². The van der Waals surface area contributed by atoms with Crippen LogP contribution in [0.25, 0.3) is 0 Å². The molecule has 2 nitrogen and oxygen atoms in total. The van der Waals surface area contributed by atoms with E-state index in [1.54, 1.807) is 0 Å². The number of aliphatic hydroxyl groups is 1. The van der Waals surface area contributed by atoms with Crippen LogP contribution in [-0.4, -0.2) is 23.4 Å². The van der Waals surface area contributed by atoms with E-state index in [-0.39, 0.29) is 18.3 Å². The second-order valence-electron chi connectivity index (χ2n) is 2.45. The van der Waals surface area contributed by atoms with Gasteiger partial charge in [0.2, 0.25) is 0 Å². The zero-order valence-electron chi connectivity index (χ0n) is 5.29. The van der Waals surface area contributed by atoms with Gasteiger partial charge in [-0.25, -0.2) is 0 Å². The summed E-state index contributed by atoms with van der Waals surface area (Å²) < 4.78 is 5.22. The Morgan fingerprint density at radius 1 is 1.50 bits per heavy atom. The quantitative estimate of drug-likeness (QED) is 0.500. The molecule has 1 fully saturated rings. The van der Waals surface area contributed by atoms with Gasteiger partial charge in [-0.05, 0) is 13.8 Å². The van der Waals surface area contributed by atoms with E-state index in [1.165, 1.54) is 0 Å². The lowest BCUT2D eigenvalue weighted by Gasteiger charge is -2.04. The molecule has 0 bridgehead atoms. The average Bonchev–Trinajstić information content (AvgIpc) is 1.85. The molecule has 0 unspecified atom stereocenters. The monoisotopic (exact) mass is 116 g/mol. The minimum atomic E-state index is -0.231. The normalized spacial score (nSPS) is 47.6. The summed E-state index contributed by atoms with van der Waals surface area (Å²) >= 11 is 0. The molecular formula is C6H12O2. The van der Waals surface area contributed by atoms with Crippen molar-refractivity contribution >= 4 is 0 Å². The third-order valence-corrected chi connectivity index (χ3v) is 1.56. The van der Waals surface area contributed by atoms with E-state index in [9.17, 15) is 0 Å². The van der Waals surface area contributed by atoms with Gasteiger partial charge in [0.15, 0.2) is 0 Å². The van der Waals surface area contributed by atoms with Crippen molar-refractivity contribution in [3.63, 3.8) is 0 Å². The van der Waals surface area contributed by atoms with Gasteiger partial charge in [0, 0.05) is 6.42 Å². The molecule has 48 valence electrons. The highest BCUT2D eigenvalue weighted by molar-refractivity contribution is 4.75. The lowest BCUT2D eigenvalue weighted by Crippen LogP contribution is -2.15. The second kappa shape index (κ2) is 2.03. The summed E-state index contributed by atoms with van der Waals surface area (Å²) in [6.45, 7) is 3.88. The molecule has 1 N–H and O–H groups in total. The van der Waals surface area contributed by atoms with Crippen LogP contribution in [0.4, 0.5) is 0 Å². The van der Waals surface area contributed by atoms with Gasteiger partial charge < -0.3 is 9.84 Å². The van der Waals surface area contributed by atoms with Gasteiger partial charge in [-0.1, -0.05) is 0 Å². The van der Waals surface area contributed by atoms with Crippen LogP contribution in [0, 0.1) is 0 Å². The lowest BCUT2D eigenvalue weighted by molar-refractivity contribution is 0.0287. The van der Waals surface area contributed by atoms with Gasteiger partial charge >= 0.3 is 0 Å². The van der Waals surface area contributed by atoms with Gasteiger partial charge in [-0.15, -0.1) is 0 Å². The number of ether oxygens (including phenoxy) is 1. The van der Waals surface area contributed by atoms with Gasteiger partial charge in [-0.2, -0.15) is 0 Å². The number of hydrogen-bond acceptors (Lipinski definition) is 2. The molecule has 3 atom stereocenters. The number of aliphatic hydroxyl groups excluding tert-OH is 1. The van der Waals surface area contributed by atoms with E-state index < -0.39 is 0 Å². The van der Waals surface area contributed by atoms with Crippen molar-refractivity contribution in [2.45, 2.75) is 38.6 Å². The molecule has 0 aromatic heterocycles. The standard InChI is InChI=1S/C6H12O2/c1-4-3-6(7)5(2)8-4/h4-7H,3H2,1-2H3/t4-,5+,6-/m1/s1. The topological polar surface area (TPSA) is 29.5 Å². The zero-order chi connectivity index (χ0) is 6.15. The number of hydrogen-bond donors (Lipinski definition) is 1. The molecule has 1 aliphatic heterocycles. The van der Waals surface area contributed by atoms with Crippen LogP contribution in [0.5, 0.6) is 0 Å². The molecular weight excluding hydrogens is 104 g/mol. The van der Waals surface area contributed by atoms with Crippen LogP contribution >= 0.6 is 0 Å². The maximum Gasteiger partial charge on any atom is 0.0823 e. The molecule has 2 heteroatoms. The van der Waals surface area contributed by atoms with E-state index in [0.717, 1.165) is 6.42 Å². The van der Waals surface area contributed by atoms with Crippen molar-refractivity contribution in [2.24, 2.45) is 0 Å². The van der Waals surface area contributed by atoms with Crippen molar-refractivity contribution in [1.82, 2.24) is 0 Å². The van der Waals surface area contributed by atoms with Gasteiger partial charge in [0.25, 0.3) is 0 Å². The van der Waals surface area contributed by atoms with Gasteiger partial charge in [0.05, 0.1) is 18.3 Å². The molecule has 0 aromatic carbocycles. The van der Waals surface area contributed by atoms with E-state index in [2.05, 4.69) is 0 Å². The fourth-order valence-electron chi connectivity index (χ4n) is 1.04. The predicted octanol–water partition coefficient (Wildman–Crippen LogP) is 0.545. The molecule has 0 amide bonds. The average molecular weight is 116 g/mol. The Bertz CT molecular complexity index is 72.6. The molecule has 8 heavy (non-hydrogen) atoms. The smallest absolute Gasteiger partial charge is 0.0823 e. The Morgan fingerprint density at radius 2 is 2.12 bits per heavy atom. The van der Waals surface area contributed by atoms with Crippen LogP contribution in [0.2, 0.25) is 0 Å². The highest BCUT2D eigenvalue weighted by Crippen LogP contribution is 2.18. The summed E-state index contributed by atoms with van der Waals surface area (Å²) in [6, 6.07) is 0. The van der Waals surface area contributed by atoms with Crippen molar-refractivity contribution in [3.05, 3.63) is 0 Å². The lowest BCUT2D eigenvalue weighted by atomic mass is 10.2. The Balaban J connectivity index is 2.39. The molecule has 1 heterocycles. The van der Waals surface area contributed by atoms with E-state index in [0.29, 0.717) is 0 Å². The fourth-order valence-corrected chi connectivity index (χ4v) is 1.04. The molecule has 0 saturated carbocycles. The molecule has 0 aliphatic carbocycles. The summed E-state index contributed by atoms with van der Waals surface area (Å²) in [4.78, 5) is 0. The first-order valence-corrected chi connectivity index (χ1v) is 3.03. The molecule has 1 aliphatic rings. The van der Waals surface area contributed by atoms with Crippen LogP contribution in [0.1, 0.15) is 20.3 Å². The minimum absolute atomic E-state index is 0.0463. The van der Waals surface area contributed by atoms with E-state index in [4.69, 9.17) is 9.84 Å². The number of rotatable bonds is 0. The first-order valence-electron chi connectivity index (χ1n) is 3.03. The highest BCUT2D eigenvalue weighted by Gasteiger charge is 2.26. The predicted molar refractivity (Wildman–Crippen MR) is 30.6 cm³/mol. The van der Waals surface area contributed by atoms with Crippen LogP contribution < -0.4 is 0 Å². The van der Waals surface area contributed by atoms with E-state index in [1.807, 2.05) is 13.8 Å². The minimum Gasteiger partial charge on any atom is -0.390 e. The van der Waals surface area contributed by atoms with Crippen LogP contribution in [-0.2, 0) is 4.74 Å². The van der Waals surface area contributed by atoms with Crippen molar-refractivity contribution in [1.29, 1.82) is 0 Å². The Labute approximate surface area is 49.5 Å². The Kier molecular flexibility index (Phi) is 1.54. The highest BCUT2D eigenvalue weighted by atomic mass is 16.5. The van der Waals surface area contributed by atoms with Crippen molar-refractivity contribution < 1.29 is 9.84 Å².